The van der Waals surface area contributed by atoms with Crippen molar-refractivity contribution in [3.63, 3.8) is 0 Å². The lowest BCUT2D eigenvalue weighted by molar-refractivity contribution is -0.671. The number of nitrogens with one attached hydrogen (secondary N) is 2. The topological polar surface area (TPSA) is 72.9 Å². The van der Waals surface area contributed by atoms with Crippen molar-refractivity contribution in [2.45, 2.75) is 0 Å². The lowest BCUT2D eigenvalue weighted by Crippen LogP contribution is -2.26. The molecule has 9 heterocycles. The van der Waals surface area contributed by atoms with Gasteiger partial charge in [-0.15, -0.1) is 0 Å². The smallest absolute Gasteiger partial charge is 0.176 e. The van der Waals surface area contributed by atoms with Crippen LogP contribution in [0, 0.1) is 0 Å². The van der Waals surface area contributed by atoms with Gasteiger partial charge in [0, 0.05) is 90.8 Å². The molecule has 0 aromatic carbocycles. The largest absolute Gasteiger partial charge is 0.354 e. The van der Waals surface area contributed by atoms with E-state index < -0.39 is 0 Å². The summed E-state index contributed by atoms with van der Waals surface area (Å²) in [5.74, 6) is 0. The summed E-state index contributed by atoms with van der Waals surface area (Å²) in [4.78, 5) is 18.5. The van der Waals surface area contributed by atoms with E-state index in [9.17, 15) is 0 Å². The molecule has 2 aliphatic rings. The van der Waals surface area contributed by atoms with Crippen LogP contribution in [0.3, 0.4) is 0 Å². The molecule has 9 rings (SSSR count). The third kappa shape index (κ3) is 5.60. The number of rotatable bonds is 4. The van der Waals surface area contributed by atoms with E-state index in [1.807, 2.05) is 53.0 Å². The maximum absolute atomic E-state index is 5.41. The highest BCUT2D eigenvalue weighted by atomic mass is 14.9. The number of H-pyrrole nitrogens is 2. The fraction of sp³-hybridized carbons (Fsp3) is 0.0909. The molecule has 0 spiro atoms. The van der Waals surface area contributed by atoms with Crippen LogP contribution in [0.5, 0.6) is 0 Å². The monoisotopic (exact) mass is 678 g/mol. The standard InChI is InChI=1S/C44H38N8/c1-49-21-5-9-29(25-49)41-33-13-15-35(45-33)42(30-10-6-22-50(2)26-30)37-17-19-39(47-37)44(32-12-8-24-52(4)28-32)40-20-18-38(48-40)43(36-16-14-34(41)46-36)31-11-7-23-51(3)27-31/h5-28,45,48H,1-4H3/q+4. The summed E-state index contributed by atoms with van der Waals surface area (Å²) in [6.07, 6.45) is 25.3. The lowest BCUT2D eigenvalue weighted by Gasteiger charge is -2.05. The molecule has 0 unspecified atom stereocenters. The summed E-state index contributed by atoms with van der Waals surface area (Å²) in [6, 6.07) is 25.6. The van der Waals surface area contributed by atoms with Crippen molar-refractivity contribution in [3.8, 4) is 44.5 Å². The first kappa shape index (κ1) is 31.2. The second kappa shape index (κ2) is 12.5. The zero-order chi connectivity index (χ0) is 35.3. The molecule has 0 saturated heterocycles. The quantitative estimate of drug-likeness (QED) is 0.206. The van der Waals surface area contributed by atoms with E-state index in [-0.39, 0.29) is 0 Å². The van der Waals surface area contributed by atoms with E-state index in [0.717, 1.165) is 89.4 Å². The molecule has 250 valence electrons. The molecule has 0 radical (unpaired) electrons. The summed E-state index contributed by atoms with van der Waals surface area (Å²) < 4.78 is 8.31. The third-order valence-electron chi connectivity index (χ3n) is 9.67. The summed E-state index contributed by atoms with van der Waals surface area (Å²) in [6.45, 7) is 0. The lowest BCUT2D eigenvalue weighted by atomic mass is 10.1. The first-order valence-corrected chi connectivity index (χ1v) is 17.4. The molecule has 0 amide bonds. The molecular weight excluding hydrogens is 641 g/mol. The molecule has 2 N–H and O–H groups in total. The van der Waals surface area contributed by atoms with Crippen molar-refractivity contribution in [1.29, 1.82) is 0 Å². The SMILES string of the molecule is C[n+]1cccc(-c2c3nc(c(-c4ccc[n+](C)c4)c4ccc([nH]4)c(-c4ccc[n+](C)c4)c4nc(c(-c5ccc[n+](C)c5)c5ccc2[nH]5)C=C4)C=C3)c1. The summed E-state index contributed by atoms with van der Waals surface area (Å²) >= 11 is 0. The second-order valence-corrected chi connectivity index (χ2v) is 13.5. The first-order valence-electron chi connectivity index (χ1n) is 17.4. The van der Waals surface area contributed by atoms with E-state index >= 15 is 0 Å². The van der Waals surface area contributed by atoms with Gasteiger partial charge in [-0.2, -0.15) is 0 Å². The predicted octanol–water partition coefficient (Wildman–Crippen LogP) is 6.62. The molecule has 2 aliphatic heterocycles. The molecule has 8 bridgehead atoms. The molecular formula is C44H38N8+4. The van der Waals surface area contributed by atoms with Gasteiger partial charge in [-0.3, -0.25) is 0 Å². The zero-order valence-corrected chi connectivity index (χ0v) is 29.5. The number of aromatic nitrogens is 8. The average Bonchev–Trinajstić information content (AvgIpc) is 3.96. The Balaban J connectivity index is 1.49. The zero-order valence-electron chi connectivity index (χ0n) is 29.5. The molecule has 7 aromatic heterocycles. The Labute approximate surface area is 301 Å². The van der Waals surface area contributed by atoms with Crippen molar-refractivity contribution >= 4 is 46.4 Å². The van der Waals surface area contributed by atoms with Crippen LogP contribution in [0.1, 0.15) is 22.8 Å². The average molecular weight is 679 g/mol. The van der Waals surface area contributed by atoms with E-state index in [1.165, 1.54) is 0 Å². The molecule has 0 aliphatic carbocycles. The maximum Gasteiger partial charge on any atom is 0.176 e. The fourth-order valence-electron chi connectivity index (χ4n) is 7.36. The molecule has 0 fully saturated rings. The summed E-state index contributed by atoms with van der Waals surface area (Å²) in [5, 5.41) is 0. The van der Waals surface area contributed by atoms with Crippen molar-refractivity contribution in [3.05, 3.63) is 145 Å². The Morgan fingerprint density at radius 2 is 0.615 bits per heavy atom. The summed E-state index contributed by atoms with van der Waals surface area (Å²) in [5.41, 5.74) is 15.8. The Morgan fingerprint density at radius 1 is 0.365 bits per heavy atom. The highest BCUT2D eigenvalue weighted by Gasteiger charge is 2.21. The van der Waals surface area contributed by atoms with Crippen molar-refractivity contribution in [1.82, 2.24) is 19.9 Å². The van der Waals surface area contributed by atoms with Crippen LogP contribution in [0.2, 0.25) is 0 Å². The fourth-order valence-corrected chi connectivity index (χ4v) is 7.36. The highest BCUT2D eigenvalue weighted by Crippen LogP contribution is 2.37. The number of nitrogens with zero attached hydrogens (tertiary/aromatic N) is 6. The molecule has 0 atom stereocenters. The van der Waals surface area contributed by atoms with Gasteiger partial charge in [-0.25, -0.2) is 28.2 Å². The molecule has 52 heavy (non-hydrogen) atoms. The van der Waals surface area contributed by atoms with Crippen LogP contribution in [0.15, 0.2) is 122 Å². The normalized spacial score (nSPS) is 12.1. The Kier molecular flexibility index (Phi) is 7.51. The number of fused-ring (bicyclic) bond motifs is 8. The van der Waals surface area contributed by atoms with Crippen LogP contribution >= 0.6 is 0 Å². The minimum atomic E-state index is 0.886. The summed E-state index contributed by atoms with van der Waals surface area (Å²) in [7, 11) is 8.20. The van der Waals surface area contributed by atoms with Gasteiger partial charge in [0.2, 0.25) is 0 Å². The van der Waals surface area contributed by atoms with Crippen molar-refractivity contribution in [2.75, 3.05) is 0 Å². The molecule has 7 aromatic rings. The van der Waals surface area contributed by atoms with Crippen LogP contribution in [-0.4, -0.2) is 19.9 Å². The Bertz CT molecular complexity index is 2430. The van der Waals surface area contributed by atoms with Gasteiger partial charge in [0.25, 0.3) is 0 Å². The van der Waals surface area contributed by atoms with Crippen LogP contribution in [0.4, 0.5) is 0 Å². The number of hydrogen-bond acceptors (Lipinski definition) is 2. The van der Waals surface area contributed by atoms with Crippen molar-refractivity contribution in [2.24, 2.45) is 28.2 Å². The number of hydrogen-bond donors (Lipinski definition) is 2. The first-order chi connectivity index (χ1) is 25.4. The van der Waals surface area contributed by atoms with E-state index in [4.69, 9.17) is 9.97 Å². The molecule has 8 nitrogen and oxygen atoms in total. The highest BCUT2D eigenvalue weighted by molar-refractivity contribution is 5.99. The van der Waals surface area contributed by atoms with Gasteiger partial charge in [0.05, 0.1) is 22.8 Å². The minimum Gasteiger partial charge on any atom is -0.354 e. The second-order valence-electron chi connectivity index (χ2n) is 13.5. The van der Waals surface area contributed by atoms with Gasteiger partial charge >= 0.3 is 0 Å². The van der Waals surface area contributed by atoms with Gasteiger partial charge in [-0.1, -0.05) is 0 Å². The van der Waals surface area contributed by atoms with E-state index in [1.54, 1.807) is 0 Å². The van der Waals surface area contributed by atoms with Crippen LogP contribution in [-0.2, 0) is 28.2 Å². The van der Waals surface area contributed by atoms with Gasteiger partial charge in [0.1, 0.15) is 28.2 Å². The number of aryl methyl sites for hydroxylation is 4. The third-order valence-corrected chi connectivity index (χ3v) is 9.67. The van der Waals surface area contributed by atoms with Gasteiger partial charge < -0.3 is 9.97 Å². The molecule has 0 saturated carbocycles. The van der Waals surface area contributed by atoms with Crippen LogP contribution < -0.4 is 18.3 Å². The molecule has 8 heteroatoms. The Hall–Kier alpha value is -6.80. The maximum atomic E-state index is 5.41. The number of pyridine rings is 4. The van der Waals surface area contributed by atoms with Gasteiger partial charge in [0.15, 0.2) is 49.6 Å². The van der Waals surface area contributed by atoms with Gasteiger partial charge in [-0.05, 0) is 72.8 Å². The number of aromatic amines is 2. The minimum absolute atomic E-state index is 0.886. The van der Waals surface area contributed by atoms with E-state index in [2.05, 4.69) is 150 Å². The van der Waals surface area contributed by atoms with Crippen molar-refractivity contribution < 1.29 is 18.3 Å². The predicted molar refractivity (Wildman–Crippen MR) is 205 cm³/mol. The van der Waals surface area contributed by atoms with E-state index in [0.29, 0.717) is 0 Å². The van der Waals surface area contributed by atoms with Crippen LogP contribution in [0.25, 0.3) is 90.9 Å². The Morgan fingerprint density at radius 3 is 0.846 bits per heavy atom.